The molecule has 0 aliphatic rings. The molecule has 0 saturated heterocycles. The second-order valence-corrected chi connectivity index (χ2v) is 6.48. The van der Waals surface area contributed by atoms with E-state index in [1.54, 1.807) is 24.4 Å². The van der Waals surface area contributed by atoms with Crippen LogP contribution in [0.3, 0.4) is 0 Å². The van der Waals surface area contributed by atoms with Gasteiger partial charge in [0.05, 0.1) is 0 Å². The molecule has 0 unspecified atom stereocenters. The minimum Gasteiger partial charge on any atom is -0.382 e. The Morgan fingerprint density at radius 1 is 1.46 bits per heavy atom. The highest BCUT2D eigenvalue weighted by Gasteiger charge is 2.19. The first-order valence-electron chi connectivity index (χ1n) is 8.88. The number of nitrogens with one attached hydrogen (secondary N) is 2. The molecule has 0 atom stereocenters. The molecule has 0 saturated carbocycles. The zero-order valence-corrected chi connectivity index (χ0v) is 16.5. The molecule has 2 heterocycles. The van der Waals surface area contributed by atoms with E-state index in [0.29, 0.717) is 18.8 Å². The lowest BCUT2D eigenvalue weighted by Crippen LogP contribution is -2.27. The van der Waals surface area contributed by atoms with Crippen LogP contribution in [0.2, 0.25) is 5.28 Å². The smallest absolute Gasteiger partial charge is 0.271 e. The van der Waals surface area contributed by atoms with Gasteiger partial charge in [-0.1, -0.05) is 12.1 Å². The number of aromatic nitrogens is 3. The molecule has 0 aromatic carbocycles. The highest BCUT2D eigenvalue weighted by molar-refractivity contribution is 6.29. The molecule has 2 rings (SSSR count). The molecule has 9 heteroatoms. The minimum atomic E-state index is -0.318. The topological polar surface area (TPSA) is 122 Å². The predicted molar refractivity (Wildman–Crippen MR) is 112 cm³/mol. The summed E-state index contributed by atoms with van der Waals surface area (Å²) in [5.74, 6) is -0.0735. The Morgan fingerprint density at radius 3 is 2.93 bits per heavy atom. The lowest BCUT2D eigenvalue weighted by atomic mass is 10.2. The Balaban J connectivity index is 1.79. The number of allylic oxidation sites excluding steroid dienone is 1. The number of nitrogens with two attached hydrogens (primary N) is 1. The summed E-state index contributed by atoms with van der Waals surface area (Å²) in [7, 11) is 0. The number of nitrogen functional groups attached to an aromatic ring is 1. The second-order valence-electron chi connectivity index (χ2n) is 6.14. The number of anilines is 1. The largest absolute Gasteiger partial charge is 0.382 e. The number of carbonyl (C=O) groups excluding carboxylic acids is 1. The fourth-order valence-electron chi connectivity index (χ4n) is 2.58. The average molecular weight is 402 g/mol. The number of aliphatic imine (C=N–C) groups is 1. The molecule has 28 heavy (non-hydrogen) atoms. The number of hydrogen-bond acceptors (Lipinski definition) is 5. The molecule has 2 aromatic heterocycles. The summed E-state index contributed by atoms with van der Waals surface area (Å²) in [6.45, 7) is 6.36. The summed E-state index contributed by atoms with van der Waals surface area (Å²) in [6.07, 6.45) is 5.58. The molecule has 0 aliphatic carbocycles. The Kier molecular flexibility index (Phi) is 7.88. The zero-order valence-electron chi connectivity index (χ0n) is 15.8. The molecule has 0 radical (unpaired) electrons. The minimum absolute atomic E-state index is 0.0976. The van der Waals surface area contributed by atoms with Gasteiger partial charge in [0.25, 0.3) is 5.91 Å². The lowest BCUT2D eigenvalue weighted by molar-refractivity contribution is 0.0945. The van der Waals surface area contributed by atoms with Crippen molar-refractivity contribution in [2.24, 2.45) is 4.99 Å². The van der Waals surface area contributed by atoms with Crippen LogP contribution in [0.5, 0.6) is 0 Å². The number of pyridine rings is 1. The summed E-state index contributed by atoms with van der Waals surface area (Å²) in [4.78, 5) is 24.7. The molecule has 2 aromatic rings. The van der Waals surface area contributed by atoms with Gasteiger partial charge in [0.2, 0.25) is 5.28 Å². The number of hydrogen-bond donors (Lipinski definition) is 3. The molecule has 0 fully saturated rings. The Labute approximate surface area is 169 Å². The van der Waals surface area contributed by atoms with E-state index < -0.39 is 0 Å². The SMILES string of the molecule is C=CCn1c(Cl)nc(N)c1C(=O)NCCCCC(C)=NC(=N)c1ccccn1. The molecule has 0 spiro atoms. The average Bonchev–Trinajstić information content (AvgIpc) is 2.95. The maximum atomic E-state index is 12.4. The molecule has 1 amide bonds. The lowest BCUT2D eigenvalue weighted by Gasteiger charge is -2.08. The van der Waals surface area contributed by atoms with Crippen molar-refractivity contribution in [1.82, 2.24) is 19.9 Å². The first-order valence-corrected chi connectivity index (χ1v) is 9.26. The zero-order chi connectivity index (χ0) is 20.5. The first-order chi connectivity index (χ1) is 13.4. The number of imidazole rings is 1. The number of carbonyl (C=O) groups is 1. The van der Waals surface area contributed by atoms with E-state index in [0.717, 1.165) is 25.0 Å². The van der Waals surface area contributed by atoms with Crippen molar-refractivity contribution < 1.29 is 4.79 Å². The van der Waals surface area contributed by atoms with Crippen LogP contribution in [0.4, 0.5) is 5.82 Å². The number of amides is 1. The Hall–Kier alpha value is -3.00. The Bertz CT molecular complexity index is 874. The van der Waals surface area contributed by atoms with Crippen molar-refractivity contribution in [3.05, 3.63) is 53.7 Å². The number of nitrogens with zero attached hydrogens (tertiary/aromatic N) is 4. The van der Waals surface area contributed by atoms with Crippen molar-refractivity contribution >= 4 is 34.9 Å². The molecular formula is C19H24ClN7O. The van der Waals surface area contributed by atoms with E-state index >= 15 is 0 Å². The third kappa shape index (κ3) is 5.75. The van der Waals surface area contributed by atoms with E-state index in [2.05, 4.69) is 26.9 Å². The normalized spacial score (nSPS) is 11.3. The first kappa shape index (κ1) is 21.3. The van der Waals surface area contributed by atoms with Gasteiger partial charge in [-0.15, -0.1) is 6.58 Å². The van der Waals surface area contributed by atoms with Crippen LogP contribution in [0, 0.1) is 5.41 Å². The standard InChI is InChI=1S/C19H24ClN7O/c1-3-12-27-15(17(22)26-19(27)20)18(28)24-11-6-4-8-13(2)25-16(21)14-9-5-7-10-23-14/h3,5,7,9-10,21H,1,4,6,8,11-12,22H2,2H3,(H,24,28). The van der Waals surface area contributed by atoms with Crippen molar-refractivity contribution in [2.45, 2.75) is 32.7 Å². The van der Waals surface area contributed by atoms with E-state index in [1.807, 2.05) is 13.0 Å². The van der Waals surface area contributed by atoms with Gasteiger partial charge >= 0.3 is 0 Å². The summed E-state index contributed by atoms with van der Waals surface area (Å²) >= 11 is 5.99. The van der Waals surface area contributed by atoms with Gasteiger partial charge in [0.1, 0.15) is 5.69 Å². The van der Waals surface area contributed by atoms with Gasteiger partial charge in [-0.2, -0.15) is 0 Å². The van der Waals surface area contributed by atoms with Crippen molar-refractivity contribution in [3.8, 4) is 0 Å². The van der Waals surface area contributed by atoms with E-state index in [4.69, 9.17) is 22.7 Å². The quantitative estimate of drug-likeness (QED) is 0.258. The fourth-order valence-corrected chi connectivity index (χ4v) is 2.82. The van der Waals surface area contributed by atoms with Crippen molar-refractivity contribution in [2.75, 3.05) is 12.3 Å². The van der Waals surface area contributed by atoms with Crippen molar-refractivity contribution in [1.29, 1.82) is 5.41 Å². The monoisotopic (exact) mass is 401 g/mol. The van der Waals surface area contributed by atoms with Gasteiger partial charge in [-0.3, -0.25) is 15.2 Å². The summed E-state index contributed by atoms with van der Waals surface area (Å²) in [6, 6.07) is 5.38. The molecular weight excluding hydrogens is 378 g/mol. The number of halogens is 1. The van der Waals surface area contributed by atoms with Gasteiger partial charge in [-0.25, -0.2) is 9.98 Å². The van der Waals surface area contributed by atoms with Crippen LogP contribution in [-0.4, -0.2) is 38.5 Å². The van der Waals surface area contributed by atoms with Crippen LogP contribution < -0.4 is 11.1 Å². The van der Waals surface area contributed by atoms with Gasteiger partial charge in [0.15, 0.2) is 17.3 Å². The molecule has 0 bridgehead atoms. The second kappa shape index (κ2) is 10.4. The third-order valence-electron chi connectivity index (χ3n) is 3.94. The van der Waals surface area contributed by atoms with Gasteiger partial charge < -0.3 is 15.6 Å². The number of rotatable bonds is 9. The van der Waals surface area contributed by atoms with Crippen molar-refractivity contribution in [3.63, 3.8) is 0 Å². The van der Waals surface area contributed by atoms with Crippen LogP contribution in [0.15, 0.2) is 42.0 Å². The highest BCUT2D eigenvalue weighted by Crippen LogP contribution is 2.18. The highest BCUT2D eigenvalue weighted by atomic mass is 35.5. The van der Waals surface area contributed by atoms with Crippen LogP contribution in [0.25, 0.3) is 0 Å². The molecule has 8 nitrogen and oxygen atoms in total. The summed E-state index contributed by atoms with van der Waals surface area (Å²) < 4.78 is 1.51. The molecule has 148 valence electrons. The van der Waals surface area contributed by atoms with Crippen LogP contribution >= 0.6 is 11.6 Å². The van der Waals surface area contributed by atoms with Gasteiger partial charge in [-0.05, 0) is 49.9 Å². The maximum absolute atomic E-state index is 12.4. The number of unbranched alkanes of at least 4 members (excludes halogenated alkanes) is 1. The number of amidine groups is 1. The van der Waals surface area contributed by atoms with Gasteiger partial charge in [0, 0.05) is 25.0 Å². The summed E-state index contributed by atoms with van der Waals surface area (Å²) in [5, 5.41) is 10.9. The molecule has 4 N–H and O–H groups in total. The predicted octanol–water partition coefficient (Wildman–Crippen LogP) is 3.09. The Morgan fingerprint density at radius 2 is 2.25 bits per heavy atom. The third-order valence-corrected chi connectivity index (χ3v) is 4.22. The van der Waals surface area contributed by atoms with E-state index in [9.17, 15) is 4.79 Å². The van der Waals surface area contributed by atoms with E-state index in [1.165, 1.54) is 4.57 Å². The molecule has 0 aliphatic heterocycles. The van der Waals surface area contributed by atoms with Crippen LogP contribution in [0.1, 0.15) is 42.4 Å². The van der Waals surface area contributed by atoms with E-state index in [-0.39, 0.29) is 28.5 Å². The van der Waals surface area contributed by atoms with Crippen LogP contribution in [-0.2, 0) is 6.54 Å². The fraction of sp³-hybridized carbons (Fsp3) is 0.316. The summed E-state index contributed by atoms with van der Waals surface area (Å²) in [5.41, 5.74) is 7.42. The maximum Gasteiger partial charge on any atom is 0.271 e.